The molecule has 11 aromatic carbocycles. The van der Waals surface area contributed by atoms with Gasteiger partial charge in [-0.25, -0.2) is 0 Å². The Morgan fingerprint density at radius 3 is 1.51 bits per heavy atom. The molecule has 11 aromatic rings. The maximum absolute atomic E-state index is 6.74. The van der Waals surface area contributed by atoms with Crippen molar-refractivity contribution < 1.29 is 4.74 Å². The van der Waals surface area contributed by atoms with Gasteiger partial charge in [-0.05, 0) is 146 Å². The van der Waals surface area contributed by atoms with E-state index in [0.717, 1.165) is 22.6 Å². The van der Waals surface area contributed by atoms with E-state index >= 15 is 0 Å². The first-order chi connectivity index (χ1) is 29.3. The van der Waals surface area contributed by atoms with Gasteiger partial charge in [0.05, 0.1) is 0 Å². The lowest BCUT2D eigenvalue weighted by molar-refractivity contribution is 0.488. The Hall–Kier alpha value is -7.74. The van der Waals surface area contributed by atoms with E-state index in [-0.39, 0.29) is 0 Å². The molecule has 0 bridgehead atoms. The molecule has 0 unspecified atom stereocenters. The first-order valence-corrected chi connectivity index (χ1v) is 20.4. The molecule has 1 aliphatic carbocycles. The molecule has 0 atom stereocenters. The molecule has 0 amide bonds. The van der Waals surface area contributed by atoms with Crippen molar-refractivity contribution in [1.29, 1.82) is 0 Å². The van der Waals surface area contributed by atoms with Crippen molar-refractivity contribution in [3.05, 3.63) is 206 Å². The summed E-state index contributed by atoms with van der Waals surface area (Å²) in [4.78, 5) is 0. The third-order valence-electron chi connectivity index (χ3n) is 12.7. The molecule has 2 aliphatic rings. The number of hydrogen-bond donors (Lipinski definition) is 0. The van der Waals surface area contributed by atoms with Gasteiger partial charge >= 0.3 is 0 Å². The summed E-state index contributed by atoms with van der Waals surface area (Å²) in [6.07, 6.45) is 0. The van der Waals surface area contributed by atoms with Crippen LogP contribution in [0.4, 0.5) is 0 Å². The van der Waals surface area contributed by atoms with Gasteiger partial charge in [-0.3, -0.25) is 0 Å². The van der Waals surface area contributed by atoms with Gasteiger partial charge in [0.15, 0.2) is 0 Å². The number of hydrogen-bond acceptors (Lipinski definition) is 1. The van der Waals surface area contributed by atoms with E-state index in [9.17, 15) is 0 Å². The quantitative estimate of drug-likeness (QED) is 0.163. The number of benzene rings is 11. The van der Waals surface area contributed by atoms with Gasteiger partial charge in [0.2, 0.25) is 0 Å². The van der Waals surface area contributed by atoms with Crippen molar-refractivity contribution >= 4 is 43.1 Å². The summed E-state index contributed by atoms with van der Waals surface area (Å²) in [5, 5.41) is 9.93. The van der Waals surface area contributed by atoms with Crippen LogP contribution in [-0.4, -0.2) is 0 Å². The molecule has 0 saturated heterocycles. The number of rotatable bonds is 4. The summed E-state index contributed by atoms with van der Waals surface area (Å²) in [5.41, 5.74) is 17.2. The van der Waals surface area contributed by atoms with Crippen LogP contribution in [0.25, 0.3) is 121 Å². The minimum Gasteiger partial charge on any atom is -0.456 e. The van der Waals surface area contributed by atoms with Crippen molar-refractivity contribution in [2.75, 3.05) is 0 Å². The van der Waals surface area contributed by atoms with E-state index in [1.54, 1.807) is 0 Å². The Kier molecular flexibility index (Phi) is 6.79. The molecule has 0 fully saturated rings. The van der Waals surface area contributed by atoms with Crippen LogP contribution in [0.5, 0.6) is 11.5 Å². The summed E-state index contributed by atoms with van der Waals surface area (Å²) in [7, 11) is 0. The molecule has 1 nitrogen and oxygen atoms in total. The SMILES string of the molecule is c1ccc(-c2cc(-c3ccc4c(c3)-c3cccc5c3c(cc3ccccc35)O4)cc(-c3c4c(c(-c5ccccc5)c5ccccc35)-c3cccc5cccc-4c35)c2)cc1. The molecule has 1 aliphatic heterocycles. The number of ether oxygens (including phenoxy) is 1. The van der Waals surface area contributed by atoms with Crippen molar-refractivity contribution in [1.82, 2.24) is 0 Å². The van der Waals surface area contributed by atoms with E-state index < -0.39 is 0 Å². The highest BCUT2D eigenvalue weighted by Crippen LogP contribution is 2.58. The Bertz CT molecular complexity index is 3560. The van der Waals surface area contributed by atoms with E-state index in [0.29, 0.717) is 0 Å². The van der Waals surface area contributed by atoms with Crippen molar-refractivity contribution in [3.63, 3.8) is 0 Å². The monoisotopic (exact) mass is 746 g/mol. The first-order valence-electron chi connectivity index (χ1n) is 20.4. The molecule has 0 saturated carbocycles. The predicted octanol–water partition coefficient (Wildman–Crippen LogP) is 16.4. The highest BCUT2D eigenvalue weighted by atomic mass is 16.5. The van der Waals surface area contributed by atoms with Crippen LogP contribution in [0.2, 0.25) is 0 Å². The van der Waals surface area contributed by atoms with Crippen LogP contribution < -0.4 is 4.74 Å². The van der Waals surface area contributed by atoms with Crippen LogP contribution in [0.15, 0.2) is 206 Å². The predicted molar refractivity (Wildman–Crippen MR) is 248 cm³/mol. The normalized spacial score (nSPS) is 12.2. The van der Waals surface area contributed by atoms with Gasteiger partial charge in [0.25, 0.3) is 0 Å². The van der Waals surface area contributed by atoms with Crippen LogP contribution in [-0.2, 0) is 0 Å². The zero-order chi connectivity index (χ0) is 38.6. The molecule has 0 radical (unpaired) electrons. The molecular formula is C58H34O. The Morgan fingerprint density at radius 1 is 0.237 bits per heavy atom. The van der Waals surface area contributed by atoms with Crippen molar-refractivity contribution in [2.45, 2.75) is 0 Å². The summed E-state index contributed by atoms with van der Waals surface area (Å²) in [6, 6.07) is 75.8. The summed E-state index contributed by atoms with van der Waals surface area (Å²) in [5.74, 6) is 1.80. The lowest BCUT2D eigenvalue weighted by atomic mass is 9.81. The largest absolute Gasteiger partial charge is 0.456 e. The maximum atomic E-state index is 6.74. The van der Waals surface area contributed by atoms with E-state index in [1.165, 1.54) is 110 Å². The fraction of sp³-hybridized carbons (Fsp3) is 0. The van der Waals surface area contributed by atoms with E-state index in [4.69, 9.17) is 4.74 Å². The van der Waals surface area contributed by atoms with Crippen LogP contribution in [0.3, 0.4) is 0 Å². The molecule has 59 heavy (non-hydrogen) atoms. The van der Waals surface area contributed by atoms with E-state index in [1.807, 2.05) is 0 Å². The second-order valence-electron chi connectivity index (χ2n) is 15.9. The highest BCUT2D eigenvalue weighted by molar-refractivity contribution is 6.27. The van der Waals surface area contributed by atoms with Crippen molar-refractivity contribution in [3.8, 4) is 89.4 Å². The lowest BCUT2D eigenvalue weighted by Gasteiger charge is -2.23. The molecular weight excluding hydrogens is 713 g/mol. The Labute approximate surface area is 342 Å². The maximum Gasteiger partial charge on any atom is 0.136 e. The zero-order valence-corrected chi connectivity index (χ0v) is 32.0. The van der Waals surface area contributed by atoms with Gasteiger partial charge in [-0.15, -0.1) is 0 Å². The average Bonchev–Trinajstić information content (AvgIpc) is 3.63. The van der Waals surface area contributed by atoms with Gasteiger partial charge in [0.1, 0.15) is 11.5 Å². The standard InChI is InChI=1S/C58H34O/c1-3-14-35(15-4-1)40-30-41(38-28-29-51-50(33-38)47-25-13-24-44-43-21-8-7-18-39(43)34-52(59-51)56(44)47)32-42(31-40)55-46-23-10-9-22-45(46)54(37-16-5-2-6-17-37)57-48-26-11-19-36-20-12-27-49(53(36)48)58(55)57/h1-34H. The lowest BCUT2D eigenvalue weighted by Crippen LogP contribution is -1.98. The smallest absolute Gasteiger partial charge is 0.136 e. The van der Waals surface area contributed by atoms with Crippen LogP contribution in [0.1, 0.15) is 0 Å². The third kappa shape index (κ3) is 4.73. The molecule has 0 aromatic heterocycles. The highest BCUT2D eigenvalue weighted by Gasteiger charge is 2.31. The van der Waals surface area contributed by atoms with E-state index in [2.05, 4.69) is 206 Å². The fourth-order valence-corrected chi connectivity index (χ4v) is 10.2. The van der Waals surface area contributed by atoms with Crippen molar-refractivity contribution in [2.24, 2.45) is 0 Å². The average molecular weight is 747 g/mol. The van der Waals surface area contributed by atoms with Gasteiger partial charge in [0, 0.05) is 10.9 Å². The van der Waals surface area contributed by atoms with Crippen LogP contribution in [0, 0.1) is 0 Å². The molecule has 0 spiro atoms. The zero-order valence-electron chi connectivity index (χ0n) is 32.0. The minimum absolute atomic E-state index is 0.884. The molecule has 272 valence electrons. The number of fused-ring (bicyclic) bond motifs is 8. The minimum atomic E-state index is 0.884. The summed E-state index contributed by atoms with van der Waals surface area (Å²) < 4.78 is 6.74. The Morgan fingerprint density at radius 2 is 0.780 bits per heavy atom. The van der Waals surface area contributed by atoms with Gasteiger partial charge in [-0.1, -0.05) is 170 Å². The topological polar surface area (TPSA) is 9.23 Å². The second-order valence-corrected chi connectivity index (χ2v) is 15.9. The van der Waals surface area contributed by atoms with Gasteiger partial charge in [-0.2, -0.15) is 0 Å². The first kappa shape index (κ1) is 32.4. The summed E-state index contributed by atoms with van der Waals surface area (Å²) >= 11 is 0. The third-order valence-corrected chi connectivity index (χ3v) is 12.7. The molecule has 1 heterocycles. The molecule has 0 N–H and O–H groups in total. The molecule has 13 rings (SSSR count). The molecule has 1 heteroatoms. The van der Waals surface area contributed by atoms with Crippen LogP contribution >= 0.6 is 0 Å². The summed E-state index contributed by atoms with van der Waals surface area (Å²) in [6.45, 7) is 0. The fourth-order valence-electron chi connectivity index (χ4n) is 10.2. The Balaban J connectivity index is 1.10. The van der Waals surface area contributed by atoms with Gasteiger partial charge < -0.3 is 4.74 Å². The second kappa shape index (κ2) is 12.4.